The smallest absolute Gasteiger partial charge is 0.310 e. The lowest BCUT2D eigenvalue weighted by atomic mass is 9.94. The van der Waals surface area contributed by atoms with Crippen LogP contribution in [0.3, 0.4) is 0 Å². The van der Waals surface area contributed by atoms with Gasteiger partial charge in [-0.1, -0.05) is 42.0 Å². The zero-order chi connectivity index (χ0) is 19.2. The van der Waals surface area contributed by atoms with E-state index in [0.29, 0.717) is 28.4 Å². The Balaban J connectivity index is 1.83. The van der Waals surface area contributed by atoms with Crippen LogP contribution in [0, 0.1) is 11.3 Å². The molecule has 1 amide bonds. The Morgan fingerprint density at radius 3 is 2.67 bits per heavy atom. The number of ether oxygens (including phenoxy) is 1. The van der Waals surface area contributed by atoms with E-state index in [1.54, 1.807) is 36.1 Å². The van der Waals surface area contributed by atoms with Crippen molar-refractivity contribution in [1.29, 1.82) is 0 Å². The summed E-state index contributed by atoms with van der Waals surface area (Å²) in [5.74, 6) is -1.03. The maximum absolute atomic E-state index is 13.7. The molecule has 4 nitrogen and oxygen atoms in total. The summed E-state index contributed by atoms with van der Waals surface area (Å²) in [6.45, 7) is 2.05. The molecule has 2 aliphatic rings. The number of halogens is 1. The van der Waals surface area contributed by atoms with Gasteiger partial charge in [-0.15, -0.1) is 0 Å². The number of fused-ring (bicyclic) bond motifs is 1. The van der Waals surface area contributed by atoms with Crippen LogP contribution in [-0.2, 0) is 20.7 Å². The first-order valence-electron chi connectivity index (χ1n) is 8.87. The number of esters is 1. The van der Waals surface area contributed by atoms with Gasteiger partial charge in [0.1, 0.15) is 0 Å². The summed E-state index contributed by atoms with van der Waals surface area (Å²) in [6.07, 6.45) is 0.888. The van der Waals surface area contributed by atoms with Crippen LogP contribution in [0.15, 0.2) is 48.5 Å². The number of hydrogen-bond donors (Lipinski definition) is 0. The highest BCUT2D eigenvalue weighted by molar-refractivity contribution is 7.80. The summed E-state index contributed by atoms with van der Waals surface area (Å²) >= 11 is 11.7. The van der Waals surface area contributed by atoms with Crippen LogP contribution >= 0.6 is 23.8 Å². The molecule has 27 heavy (non-hydrogen) atoms. The van der Waals surface area contributed by atoms with Crippen LogP contribution in [0.2, 0.25) is 5.02 Å². The Hall–Kier alpha value is -2.24. The van der Waals surface area contributed by atoms with Crippen molar-refractivity contribution in [3.63, 3.8) is 0 Å². The van der Waals surface area contributed by atoms with E-state index in [1.807, 2.05) is 24.3 Å². The van der Waals surface area contributed by atoms with E-state index >= 15 is 0 Å². The average molecular weight is 400 g/mol. The molecule has 2 aromatic rings. The topological polar surface area (TPSA) is 46.6 Å². The molecule has 2 unspecified atom stereocenters. The second-order valence-electron chi connectivity index (χ2n) is 6.83. The quantitative estimate of drug-likeness (QED) is 0.563. The van der Waals surface area contributed by atoms with Gasteiger partial charge in [0, 0.05) is 22.0 Å². The largest absolute Gasteiger partial charge is 0.466 e. The molecule has 2 atom stereocenters. The number of carbonyl (C=O) groups excluding carboxylic acids is 2. The minimum absolute atomic E-state index is 0.169. The van der Waals surface area contributed by atoms with Crippen molar-refractivity contribution in [2.24, 2.45) is 11.3 Å². The Labute approximate surface area is 168 Å². The molecule has 0 bridgehead atoms. The van der Waals surface area contributed by atoms with E-state index in [0.717, 1.165) is 11.3 Å². The van der Waals surface area contributed by atoms with Gasteiger partial charge in [-0.25, -0.2) is 0 Å². The summed E-state index contributed by atoms with van der Waals surface area (Å²) < 4.78 is 5.18. The fourth-order valence-corrected chi connectivity index (χ4v) is 4.41. The number of nitrogens with zero attached hydrogens (tertiary/aromatic N) is 1. The molecule has 1 heterocycles. The molecule has 4 rings (SSSR count). The molecule has 0 N–H and O–H groups in total. The molecule has 6 heteroatoms. The first kappa shape index (κ1) is 18.1. The third-order valence-corrected chi connectivity index (χ3v) is 6.04. The summed E-state index contributed by atoms with van der Waals surface area (Å²) in [4.78, 5) is 28.4. The number of amides is 1. The van der Waals surface area contributed by atoms with Crippen LogP contribution in [0.5, 0.6) is 0 Å². The fourth-order valence-electron chi connectivity index (χ4n) is 3.82. The normalized spacial score (nSPS) is 23.8. The maximum atomic E-state index is 13.7. The zero-order valence-corrected chi connectivity index (χ0v) is 16.3. The zero-order valence-electron chi connectivity index (χ0n) is 14.8. The lowest BCUT2D eigenvalue weighted by Gasteiger charge is -2.26. The van der Waals surface area contributed by atoms with Crippen molar-refractivity contribution in [2.45, 2.75) is 19.8 Å². The van der Waals surface area contributed by atoms with Crippen molar-refractivity contribution >= 4 is 51.9 Å². The van der Waals surface area contributed by atoms with Crippen LogP contribution in [0.1, 0.15) is 18.9 Å². The van der Waals surface area contributed by atoms with E-state index in [2.05, 4.69) is 0 Å². The molecule has 1 fully saturated rings. The first-order chi connectivity index (χ1) is 13.0. The number of para-hydroxylation sites is 1. The minimum Gasteiger partial charge on any atom is -0.466 e. The van der Waals surface area contributed by atoms with Gasteiger partial charge in [-0.05, 0) is 49.2 Å². The number of benzene rings is 2. The SMILES string of the molecule is CCOC(=O)C1CC12C(=O)N(c1ccc(Cl)cc1)c1ccccc1CC2=S. The van der Waals surface area contributed by atoms with Crippen LogP contribution in [0.25, 0.3) is 0 Å². The van der Waals surface area contributed by atoms with Gasteiger partial charge >= 0.3 is 5.97 Å². The van der Waals surface area contributed by atoms with Crippen molar-refractivity contribution in [1.82, 2.24) is 0 Å². The summed E-state index contributed by atoms with van der Waals surface area (Å²) in [5, 5.41) is 0.593. The van der Waals surface area contributed by atoms with E-state index in [4.69, 9.17) is 28.6 Å². The maximum Gasteiger partial charge on any atom is 0.310 e. The Morgan fingerprint density at radius 1 is 1.26 bits per heavy atom. The average Bonchev–Trinajstić information content (AvgIpc) is 3.42. The predicted molar refractivity (Wildman–Crippen MR) is 109 cm³/mol. The molecule has 138 valence electrons. The van der Waals surface area contributed by atoms with Gasteiger partial charge in [0.25, 0.3) is 0 Å². The highest BCUT2D eigenvalue weighted by atomic mass is 35.5. The van der Waals surface area contributed by atoms with Gasteiger partial charge in [0.15, 0.2) is 0 Å². The minimum atomic E-state index is -0.972. The standard InChI is InChI=1S/C21H18ClNO3S/c1-2-26-19(24)16-12-21(16)18(27)11-13-5-3-4-6-17(13)23(20(21)25)15-9-7-14(22)8-10-15/h3-10,16H,2,11-12H2,1H3. The van der Waals surface area contributed by atoms with E-state index in [9.17, 15) is 9.59 Å². The lowest BCUT2D eigenvalue weighted by molar-refractivity contribution is -0.146. The predicted octanol–water partition coefficient (Wildman–Crippen LogP) is 4.50. The molecule has 0 radical (unpaired) electrons. The van der Waals surface area contributed by atoms with Crippen LogP contribution in [-0.4, -0.2) is 23.3 Å². The van der Waals surface area contributed by atoms with Gasteiger partial charge in [0.05, 0.1) is 23.6 Å². The Bertz CT molecular complexity index is 943. The third kappa shape index (κ3) is 2.86. The second-order valence-corrected chi connectivity index (χ2v) is 7.75. The third-order valence-electron chi connectivity index (χ3n) is 5.28. The van der Waals surface area contributed by atoms with Crippen molar-refractivity contribution in [2.75, 3.05) is 11.5 Å². The van der Waals surface area contributed by atoms with E-state index in [-0.39, 0.29) is 18.5 Å². The molecule has 2 aromatic carbocycles. The van der Waals surface area contributed by atoms with Crippen LogP contribution in [0.4, 0.5) is 11.4 Å². The number of anilines is 2. The summed E-state index contributed by atoms with van der Waals surface area (Å²) in [7, 11) is 0. The van der Waals surface area contributed by atoms with Gasteiger partial charge in [0.2, 0.25) is 5.91 Å². The molecular formula is C21H18ClNO3S. The highest BCUT2D eigenvalue weighted by Gasteiger charge is 2.68. The lowest BCUT2D eigenvalue weighted by Crippen LogP contribution is -2.38. The van der Waals surface area contributed by atoms with E-state index < -0.39 is 11.3 Å². The monoisotopic (exact) mass is 399 g/mol. The van der Waals surface area contributed by atoms with Gasteiger partial charge in [-0.2, -0.15) is 0 Å². The fraction of sp³-hybridized carbons (Fsp3) is 0.286. The molecule has 0 saturated heterocycles. The number of thiocarbonyl (C=S) groups is 1. The molecule has 1 aliphatic carbocycles. The van der Waals surface area contributed by atoms with Gasteiger partial charge < -0.3 is 4.74 Å². The van der Waals surface area contributed by atoms with Gasteiger partial charge in [-0.3, -0.25) is 14.5 Å². The first-order valence-corrected chi connectivity index (χ1v) is 9.65. The number of carbonyl (C=O) groups is 2. The van der Waals surface area contributed by atoms with Crippen molar-refractivity contribution < 1.29 is 14.3 Å². The molecular weight excluding hydrogens is 382 g/mol. The van der Waals surface area contributed by atoms with Crippen molar-refractivity contribution in [3.8, 4) is 0 Å². The molecule has 0 aromatic heterocycles. The number of rotatable bonds is 3. The molecule has 1 spiro atoms. The summed E-state index contributed by atoms with van der Waals surface area (Å²) in [6, 6.07) is 14.8. The Morgan fingerprint density at radius 2 is 1.96 bits per heavy atom. The van der Waals surface area contributed by atoms with E-state index in [1.165, 1.54) is 0 Å². The Kier molecular flexibility index (Phi) is 4.52. The second kappa shape index (κ2) is 6.73. The van der Waals surface area contributed by atoms with Crippen molar-refractivity contribution in [3.05, 3.63) is 59.1 Å². The number of hydrogen-bond acceptors (Lipinski definition) is 4. The molecule has 1 aliphatic heterocycles. The highest BCUT2D eigenvalue weighted by Crippen LogP contribution is 2.59. The van der Waals surface area contributed by atoms with Crippen LogP contribution < -0.4 is 4.90 Å². The molecule has 1 saturated carbocycles. The summed E-state index contributed by atoms with van der Waals surface area (Å²) in [5.41, 5.74) is 1.49.